The summed E-state index contributed by atoms with van der Waals surface area (Å²) in [5.41, 5.74) is 9.99. The van der Waals surface area contributed by atoms with Crippen LogP contribution in [-0.2, 0) is 31.3 Å². The minimum Gasteiger partial charge on any atom is -0.368 e. The normalized spacial score (nSPS) is 14.1. The minimum atomic E-state index is -4.76. The number of ether oxygens (including phenoxy) is 1. The van der Waals surface area contributed by atoms with Crippen LogP contribution in [0.4, 0.5) is 20.5 Å². The van der Waals surface area contributed by atoms with Gasteiger partial charge in [-0.2, -0.15) is 13.8 Å². The number of benzene rings is 1. The van der Waals surface area contributed by atoms with Crippen molar-refractivity contribution in [3.05, 3.63) is 53.2 Å². The predicted octanol–water partition coefficient (Wildman–Crippen LogP) is 6.99. The number of halogens is 2. The maximum absolute atomic E-state index is 14.8. The van der Waals surface area contributed by atoms with Gasteiger partial charge in [0.15, 0.2) is 5.82 Å². The third kappa shape index (κ3) is 8.91. The first-order chi connectivity index (χ1) is 20.7. The van der Waals surface area contributed by atoms with Gasteiger partial charge in [-0.25, -0.2) is 9.97 Å². The number of nitrogens with two attached hydrogens (primary N) is 1. The highest BCUT2D eigenvalue weighted by Gasteiger charge is 2.55. The zero-order valence-electron chi connectivity index (χ0n) is 27.0. The molecule has 1 aromatic carbocycles. The van der Waals surface area contributed by atoms with E-state index >= 15 is 0 Å². The molecule has 0 spiro atoms. The second kappa shape index (κ2) is 15.0. The fraction of sp³-hybridized carbons (Fsp3) is 0.581. The smallest absolute Gasteiger partial charge is 0.368 e. The number of pyridine rings is 1. The Hall–Kier alpha value is -2.76. The number of hydrogen-bond donors (Lipinski definition) is 2. The molecule has 3 rings (SSSR count). The fourth-order valence-corrected chi connectivity index (χ4v) is 5.98. The highest BCUT2D eigenvalue weighted by Crippen LogP contribution is 2.62. The Morgan fingerprint density at radius 2 is 1.59 bits per heavy atom. The molecular weight excluding hydrogens is 589 g/mol. The van der Waals surface area contributed by atoms with Crippen molar-refractivity contribution < 1.29 is 31.6 Å². The van der Waals surface area contributed by atoms with Crippen molar-refractivity contribution in [2.45, 2.75) is 78.7 Å². The highest BCUT2D eigenvalue weighted by molar-refractivity contribution is 7.54. The second-order valence-electron chi connectivity index (χ2n) is 12.0. The van der Waals surface area contributed by atoms with Crippen molar-refractivity contribution in [3.8, 4) is 0 Å². The van der Waals surface area contributed by atoms with E-state index in [4.69, 9.17) is 24.5 Å². The van der Waals surface area contributed by atoms with Gasteiger partial charge in [0, 0.05) is 24.2 Å². The molecule has 13 heteroatoms. The van der Waals surface area contributed by atoms with Gasteiger partial charge in [0.05, 0.1) is 31.3 Å². The average Bonchev–Trinajstić information content (AvgIpc) is 2.94. The minimum absolute atomic E-state index is 0.181. The van der Waals surface area contributed by atoms with Crippen LogP contribution in [0, 0.1) is 0 Å². The van der Waals surface area contributed by atoms with Crippen LogP contribution in [0.3, 0.4) is 0 Å². The van der Waals surface area contributed by atoms with Crippen LogP contribution >= 0.6 is 7.60 Å². The number of rotatable bonds is 17. The van der Waals surface area contributed by atoms with E-state index in [1.165, 1.54) is 13.8 Å². The molecule has 3 aromatic rings. The molecule has 0 aliphatic rings. The molecule has 2 aromatic heterocycles. The SMILES string of the molecule is CCCCNc1nc(N)nc2ccc(Cc3ccc(C[N+](C)(CCOC(F)(F)P(=O)(OCC)OCC)C(C)(C)C)cc3)nc12. The topological polar surface area (TPSA) is 121 Å². The first-order valence-electron chi connectivity index (χ1n) is 15.2. The van der Waals surface area contributed by atoms with Gasteiger partial charge >= 0.3 is 13.4 Å². The molecule has 1 atom stereocenters. The molecule has 3 N–H and O–H groups in total. The third-order valence-electron chi connectivity index (χ3n) is 7.78. The molecule has 0 saturated carbocycles. The molecular formula is C31H48F2N6O4P+. The monoisotopic (exact) mass is 637 g/mol. The van der Waals surface area contributed by atoms with Gasteiger partial charge < -0.3 is 29.3 Å². The molecule has 10 nitrogen and oxygen atoms in total. The van der Waals surface area contributed by atoms with Crippen LogP contribution in [0.5, 0.6) is 0 Å². The van der Waals surface area contributed by atoms with E-state index in [9.17, 15) is 13.3 Å². The van der Waals surface area contributed by atoms with Crippen LogP contribution in [0.15, 0.2) is 36.4 Å². The van der Waals surface area contributed by atoms with Crippen molar-refractivity contribution >= 4 is 30.4 Å². The number of aromatic nitrogens is 3. The summed E-state index contributed by atoms with van der Waals surface area (Å²) in [5.74, 6) is -3.21. The lowest BCUT2D eigenvalue weighted by Crippen LogP contribution is -2.58. The van der Waals surface area contributed by atoms with Crippen LogP contribution < -0.4 is 11.1 Å². The van der Waals surface area contributed by atoms with Crippen molar-refractivity contribution in [2.24, 2.45) is 0 Å². The summed E-state index contributed by atoms with van der Waals surface area (Å²) in [6.45, 7) is 12.2. The quantitative estimate of drug-likeness (QED) is 0.0916. The van der Waals surface area contributed by atoms with E-state index in [1.54, 1.807) is 0 Å². The summed E-state index contributed by atoms with van der Waals surface area (Å²) < 4.78 is 57.2. The molecule has 0 saturated heterocycles. The first-order valence-corrected chi connectivity index (χ1v) is 16.7. The van der Waals surface area contributed by atoms with Crippen LogP contribution in [0.1, 0.15) is 71.2 Å². The molecule has 0 fully saturated rings. The van der Waals surface area contributed by atoms with Gasteiger partial charge in [-0.1, -0.05) is 37.6 Å². The van der Waals surface area contributed by atoms with E-state index in [-0.39, 0.29) is 37.9 Å². The van der Waals surface area contributed by atoms with Crippen molar-refractivity contribution in [3.63, 3.8) is 0 Å². The van der Waals surface area contributed by atoms with Crippen molar-refractivity contribution in [1.29, 1.82) is 0 Å². The fourth-order valence-electron chi connectivity index (χ4n) is 4.68. The maximum Gasteiger partial charge on any atom is 0.459 e. The number of hydrogen-bond acceptors (Lipinski definition) is 9. The van der Waals surface area contributed by atoms with Gasteiger partial charge in [0.1, 0.15) is 25.2 Å². The Morgan fingerprint density at radius 3 is 2.18 bits per heavy atom. The summed E-state index contributed by atoms with van der Waals surface area (Å²) >= 11 is 0. The summed E-state index contributed by atoms with van der Waals surface area (Å²) in [6.07, 6.45) is 2.68. The van der Waals surface area contributed by atoms with Crippen LogP contribution in [0.2, 0.25) is 0 Å². The van der Waals surface area contributed by atoms with Gasteiger partial charge in [0.2, 0.25) is 5.95 Å². The van der Waals surface area contributed by atoms with Crippen LogP contribution in [0.25, 0.3) is 11.0 Å². The molecule has 0 bridgehead atoms. The first kappa shape index (κ1) is 35.7. The van der Waals surface area contributed by atoms with Crippen molar-refractivity contribution in [1.82, 2.24) is 15.0 Å². The number of likely N-dealkylation sites (N-methyl/N-ethyl adjacent to an activating group) is 1. The number of unbranched alkanes of at least 4 members (excludes halogenated alkanes) is 1. The zero-order valence-corrected chi connectivity index (χ0v) is 27.9. The van der Waals surface area contributed by atoms with E-state index in [0.29, 0.717) is 34.3 Å². The van der Waals surface area contributed by atoms with E-state index in [2.05, 4.69) is 55.1 Å². The highest BCUT2D eigenvalue weighted by atomic mass is 31.2. The maximum atomic E-state index is 14.8. The molecule has 2 heterocycles. The molecule has 0 radical (unpaired) electrons. The summed E-state index contributed by atoms with van der Waals surface area (Å²) in [5, 5.41) is 3.33. The number of nitrogen functional groups attached to an aromatic ring is 1. The number of alkyl halides is 2. The summed E-state index contributed by atoms with van der Waals surface area (Å²) in [4.78, 5) is 13.5. The van der Waals surface area contributed by atoms with Gasteiger partial charge in [-0.3, -0.25) is 4.57 Å². The number of fused-ring (bicyclic) bond motifs is 1. The molecule has 44 heavy (non-hydrogen) atoms. The number of quaternary nitrogens is 1. The van der Waals surface area contributed by atoms with Gasteiger partial charge in [0.25, 0.3) is 0 Å². The van der Waals surface area contributed by atoms with E-state index in [0.717, 1.165) is 36.2 Å². The lowest BCUT2D eigenvalue weighted by molar-refractivity contribution is -0.966. The number of nitrogens with one attached hydrogen (secondary N) is 1. The molecule has 244 valence electrons. The molecule has 0 aliphatic heterocycles. The molecule has 1 unspecified atom stereocenters. The average molecular weight is 638 g/mol. The standard InChI is InChI=1S/C31H48F2N6O4P/c1-8-11-18-35-28-27-26(37-29(34)38-28)17-16-25(36-27)21-23-12-14-24(15-13-23)22-39(7,30(4,5)6)19-20-41-31(32,33)44(40,42-9-2)43-10-3/h12-17H,8-11,18-22H2,1-7H3,(H3,34,35,37,38)/q+1. The number of nitrogens with zero attached hydrogens (tertiary/aromatic N) is 4. The molecule has 0 amide bonds. The Kier molecular flexibility index (Phi) is 12.2. The van der Waals surface area contributed by atoms with Crippen LogP contribution in [-0.4, -0.2) is 70.8 Å². The zero-order chi connectivity index (χ0) is 32.6. The Bertz CT molecular complexity index is 1410. The third-order valence-corrected chi connectivity index (χ3v) is 9.74. The predicted molar refractivity (Wildman–Crippen MR) is 171 cm³/mol. The second-order valence-corrected chi connectivity index (χ2v) is 14.0. The Balaban J connectivity index is 1.72. The summed E-state index contributed by atoms with van der Waals surface area (Å²) in [7, 11) is -2.76. The van der Waals surface area contributed by atoms with E-state index < -0.39 is 13.4 Å². The van der Waals surface area contributed by atoms with Crippen molar-refractivity contribution in [2.75, 3.05) is 51.0 Å². The van der Waals surface area contributed by atoms with Gasteiger partial charge in [-0.15, -0.1) is 0 Å². The largest absolute Gasteiger partial charge is 0.459 e. The lowest BCUT2D eigenvalue weighted by atomic mass is 9.99. The Morgan fingerprint density at radius 1 is 0.955 bits per heavy atom. The summed E-state index contributed by atoms with van der Waals surface area (Å²) in [6, 6.07) is 12.1. The lowest BCUT2D eigenvalue weighted by Gasteiger charge is -2.46. The molecule has 0 aliphatic carbocycles. The van der Waals surface area contributed by atoms with Gasteiger partial charge in [-0.05, 0) is 58.7 Å². The number of anilines is 2. The Labute approximate surface area is 259 Å². The van der Waals surface area contributed by atoms with E-state index in [1.807, 2.05) is 31.3 Å².